The molecule has 1 rings (SSSR count). The number of sulfonamides is 1. The molecule has 0 saturated heterocycles. The van der Waals surface area contributed by atoms with E-state index >= 15 is 0 Å². The van der Waals surface area contributed by atoms with Crippen molar-refractivity contribution in [2.75, 3.05) is 0 Å². The Morgan fingerprint density at radius 3 is 2.55 bits per heavy atom. The fraction of sp³-hybridized carbons (Fsp3) is 0.364. The molecule has 0 saturated carbocycles. The summed E-state index contributed by atoms with van der Waals surface area (Å²) >= 11 is 0. The number of hydrogen-bond donors (Lipinski definition) is 1. The molecule has 0 amide bonds. The quantitative estimate of drug-likeness (QED) is 0.657. The van der Waals surface area contributed by atoms with Gasteiger partial charge < -0.3 is 0 Å². The van der Waals surface area contributed by atoms with Crippen LogP contribution in [0.2, 0.25) is 0 Å². The van der Waals surface area contributed by atoms with Crippen molar-refractivity contribution in [3.63, 3.8) is 0 Å². The van der Waals surface area contributed by atoms with E-state index in [9.17, 15) is 22.9 Å². The maximum Gasteiger partial charge on any atom is 0.272 e. The number of hydrogen-bond acceptors (Lipinski definition) is 5. The third-order valence-corrected chi connectivity index (χ3v) is 4.36. The number of nitrogens with zero attached hydrogens (tertiary/aromatic N) is 2. The first kappa shape index (κ1) is 16.0. The summed E-state index contributed by atoms with van der Waals surface area (Å²) in [5.74, 6) is -1.25. The highest BCUT2D eigenvalue weighted by molar-refractivity contribution is 7.89. The lowest BCUT2D eigenvalue weighted by atomic mass is 10.0. The van der Waals surface area contributed by atoms with Gasteiger partial charge in [0.1, 0.15) is 16.3 Å². The molecule has 1 unspecified atom stereocenters. The summed E-state index contributed by atoms with van der Waals surface area (Å²) < 4.78 is 39.7. The maximum absolute atomic E-state index is 13.7. The number of rotatable bonds is 5. The molecule has 108 valence electrons. The minimum Gasteiger partial charge on any atom is -0.258 e. The average Bonchev–Trinajstić information content (AvgIpc) is 2.37. The van der Waals surface area contributed by atoms with Gasteiger partial charge in [-0.3, -0.25) is 10.1 Å². The van der Waals surface area contributed by atoms with Gasteiger partial charge in [0.05, 0.1) is 17.1 Å². The van der Waals surface area contributed by atoms with Crippen LogP contribution >= 0.6 is 0 Å². The number of benzene rings is 1. The first-order valence-corrected chi connectivity index (χ1v) is 7.02. The highest BCUT2D eigenvalue weighted by Gasteiger charge is 2.31. The fourth-order valence-corrected chi connectivity index (χ4v) is 2.80. The average molecular weight is 301 g/mol. The predicted octanol–water partition coefficient (Wildman–Crippen LogP) is 1.70. The summed E-state index contributed by atoms with van der Waals surface area (Å²) in [6.45, 7) is 2.95. The number of non-ortho nitro benzene ring substituents is 1. The summed E-state index contributed by atoms with van der Waals surface area (Å²) in [5.41, 5.74) is -1.94. The molecule has 1 aromatic carbocycles. The second-order valence-electron chi connectivity index (χ2n) is 4.27. The van der Waals surface area contributed by atoms with Crippen LogP contribution in [0.3, 0.4) is 0 Å². The minimum absolute atomic E-state index is 0.178. The van der Waals surface area contributed by atoms with E-state index in [1.54, 1.807) is 13.0 Å². The number of nitro groups is 1. The van der Waals surface area contributed by atoms with E-state index in [1.807, 2.05) is 0 Å². The van der Waals surface area contributed by atoms with Gasteiger partial charge in [0.25, 0.3) is 5.69 Å². The van der Waals surface area contributed by atoms with Crippen LogP contribution in [0.1, 0.15) is 20.3 Å². The zero-order chi connectivity index (χ0) is 15.6. The second-order valence-corrected chi connectivity index (χ2v) is 5.93. The molecule has 1 aromatic rings. The SMILES string of the molecule is CCC(C)(C#N)NS(=O)(=O)c1ccc([N+](=O)[O-])cc1F. The van der Waals surface area contributed by atoms with Crippen LogP contribution in [0.5, 0.6) is 0 Å². The van der Waals surface area contributed by atoms with Crippen LogP contribution in [0.25, 0.3) is 0 Å². The largest absolute Gasteiger partial charge is 0.272 e. The van der Waals surface area contributed by atoms with Crippen molar-refractivity contribution in [3.05, 3.63) is 34.1 Å². The molecule has 7 nitrogen and oxygen atoms in total. The van der Waals surface area contributed by atoms with Gasteiger partial charge in [-0.15, -0.1) is 0 Å². The molecule has 0 aliphatic carbocycles. The van der Waals surface area contributed by atoms with E-state index in [-0.39, 0.29) is 6.42 Å². The molecule has 9 heteroatoms. The van der Waals surface area contributed by atoms with E-state index in [1.165, 1.54) is 6.92 Å². The molecular weight excluding hydrogens is 289 g/mol. The zero-order valence-electron chi connectivity index (χ0n) is 10.8. The van der Waals surface area contributed by atoms with Gasteiger partial charge in [-0.05, 0) is 19.4 Å². The lowest BCUT2D eigenvalue weighted by Crippen LogP contribution is -2.44. The van der Waals surface area contributed by atoms with Gasteiger partial charge in [-0.2, -0.15) is 9.98 Å². The normalized spacial score (nSPS) is 14.3. The van der Waals surface area contributed by atoms with Crippen LogP contribution in [0, 0.1) is 27.3 Å². The van der Waals surface area contributed by atoms with Crippen molar-refractivity contribution in [1.29, 1.82) is 5.26 Å². The van der Waals surface area contributed by atoms with Crippen LogP contribution < -0.4 is 4.72 Å². The Balaban J connectivity index is 3.24. The van der Waals surface area contributed by atoms with Gasteiger partial charge in [0, 0.05) is 6.07 Å². The Morgan fingerprint density at radius 2 is 2.15 bits per heavy atom. The summed E-state index contributed by atoms with van der Waals surface area (Å²) in [6, 6.07) is 3.98. The maximum atomic E-state index is 13.7. The lowest BCUT2D eigenvalue weighted by molar-refractivity contribution is -0.385. The molecule has 0 fully saturated rings. The van der Waals surface area contributed by atoms with Crippen LogP contribution in [-0.2, 0) is 10.0 Å². The van der Waals surface area contributed by atoms with Crippen molar-refractivity contribution in [3.8, 4) is 6.07 Å². The molecule has 0 bridgehead atoms. The molecule has 0 aliphatic rings. The topological polar surface area (TPSA) is 113 Å². The Kier molecular flexibility index (Phi) is 4.42. The van der Waals surface area contributed by atoms with Gasteiger partial charge in [-0.25, -0.2) is 12.8 Å². The molecule has 20 heavy (non-hydrogen) atoms. The predicted molar refractivity (Wildman–Crippen MR) is 67.7 cm³/mol. The van der Waals surface area contributed by atoms with E-state index in [0.29, 0.717) is 6.07 Å². The Hall–Kier alpha value is -2.05. The molecule has 1 N–H and O–H groups in total. The molecular formula is C11H12FN3O4S. The van der Waals surface area contributed by atoms with Gasteiger partial charge in [0.2, 0.25) is 10.0 Å². The van der Waals surface area contributed by atoms with Crippen molar-refractivity contribution < 1.29 is 17.7 Å². The van der Waals surface area contributed by atoms with Crippen LogP contribution in [0.15, 0.2) is 23.1 Å². The smallest absolute Gasteiger partial charge is 0.258 e. The van der Waals surface area contributed by atoms with Crippen LogP contribution in [-0.4, -0.2) is 18.9 Å². The summed E-state index contributed by atoms with van der Waals surface area (Å²) in [6.07, 6.45) is 0.178. The lowest BCUT2D eigenvalue weighted by Gasteiger charge is -2.21. The second kappa shape index (κ2) is 5.52. The molecule has 1 atom stereocenters. The Bertz CT molecular complexity index is 683. The van der Waals surface area contributed by atoms with Crippen molar-refractivity contribution in [1.82, 2.24) is 4.72 Å². The third kappa shape index (κ3) is 3.28. The number of nitrogens with one attached hydrogen (secondary N) is 1. The highest BCUT2D eigenvalue weighted by Crippen LogP contribution is 2.22. The zero-order valence-corrected chi connectivity index (χ0v) is 11.6. The number of nitro benzene ring substituents is 1. The first-order chi connectivity index (χ1) is 9.15. The van der Waals surface area contributed by atoms with E-state index in [4.69, 9.17) is 5.26 Å². The van der Waals surface area contributed by atoms with Crippen molar-refractivity contribution in [2.24, 2.45) is 0 Å². The summed E-state index contributed by atoms with van der Waals surface area (Å²) in [5, 5.41) is 19.4. The van der Waals surface area contributed by atoms with Crippen LogP contribution in [0.4, 0.5) is 10.1 Å². The van der Waals surface area contributed by atoms with E-state index in [2.05, 4.69) is 4.72 Å². The molecule has 0 radical (unpaired) electrons. The molecule has 0 aliphatic heterocycles. The number of nitriles is 1. The first-order valence-electron chi connectivity index (χ1n) is 5.54. The van der Waals surface area contributed by atoms with Gasteiger partial charge in [-0.1, -0.05) is 6.92 Å². The molecule has 0 aromatic heterocycles. The molecule has 0 heterocycles. The standard InChI is InChI=1S/C11H12FN3O4S/c1-3-11(2,7-13)14-20(18,19)10-5-4-8(15(16)17)6-9(10)12/h4-6,14H,3H2,1-2H3. The summed E-state index contributed by atoms with van der Waals surface area (Å²) in [7, 11) is -4.29. The summed E-state index contributed by atoms with van der Waals surface area (Å²) in [4.78, 5) is 8.89. The third-order valence-electron chi connectivity index (χ3n) is 2.73. The minimum atomic E-state index is -4.29. The highest BCUT2D eigenvalue weighted by atomic mass is 32.2. The van der Waals surface area contributed by atoms with Gasteiger partial charge in [0.15, 0.2) is 0 Å². The number of halogens is 1. The van der Waals surface area contributed by atoms with E-state index < -0.39 is 36.9 Å². The van der Waals surface area contributed by atoms with Crippen molar-refractivity contribution >= 4 is 15.7 Å². The Morgan fingerprint density at radius 1 is 1.55 bits per heavy atom. The Labute approximate surface area is 115 Å². The van der Waals surface area contributed by atoms with Crippen molar-refractivity contribution in [2.45, 2.75) is 30.7 Å². The fourth-order valence-electron chi connectivity index (χ4n) is 1.35. The monoisotopic (exact) mass is 301 g/mol. The van der Waals surface area contributed by atoms with E-state index in [0.717, 1.165) is 12.1 Å². The molecule has 0 spiro atoms. The van der Waals surface area contributed by atoms with Gasteiger partial charge >= 0.3 is 0 Å².